The van der Waals surface area contributed by atoms with E-state index in [-0.39, 0.29) is 47.5 Å². The lowest BCUT2D eigenvalue weighted by Gasteiger charge is -2.13. The minimum absolute atomic E-state index is 0.134. The Balaban J connectivity index is 1.38. The van der Waals surface area contributed by atoms with Crippen LogP contribution >= 0.6 is 0 Å². The molecule has 0 aliphatic carbocycles. The topological polar surface area (TPSA) is 276 Å². The molecule has 9 N–H and O–H groups in total. The molecule has 0 saturated heterocycles. The first-order chi connectivity index (χ1) is 27.3. The summed E-state index contributed by atoms with van der Waals surface area (Å²) in [5.74, 6) is -1.64. The van der Waals surface area contributed by atoms with E-state index >= 15 is 0 Å². The van der Waals surface area contributed by atoms with E-state index in [1.807, 2.05) is 33.0 Å². The molecule has 6 rings (SSSR count). The zero-order chi connectivity index (χ0) is 41.0. The second-order valence-electron chi connectivity index (χ2n) is 13.1. The maximum absolute atomic E-state index is 13.7. The van der Waals surface area contributed by atoms with Gasteiger partial charge in [-0.2, -0.15) is 10.2 Å². The number of nitrogens with zero attached hydrogens (tertiary/aromatic N) is 9. The molecule has 0 aliphatic heterocycles. The molecular weight excluding hydrogens is 735 g/mol. The first-order valence-corrected chi connectivity index (χ1v) is 18.3. The van der Waals surface area contributed by atoms with E-state index in [2.05, 4.69) is 36.1 Å². The van der Waals surface area contributed by atoms with Gasteiger partial charge in [0, 0.05) is 37.9 Å². The summed E-state index contributed by atoms with van der Waals surface area (Å²) in [5.41, 5.74) is 21.3. The molecule has 20 heteroatoms. The molecule has 0 spiro atoms. The zero-order valence-corrected chi connectivity index (χ0v) is 32.3. The first-order valence-electron chi connectivity index (χ1n) is 18.3. The zero-order valence-electron chi connectivity index (χ0n) is 32.3. The molecule has 5 heterocycles. The normalized spacial score (nSPS) is 11.5. The standard InChI is InChI=1S/C37H45N15O5/c1-6-51-26(15-20(3)47-51)34(55)45-36-43-24-16-22(31(39)53)18-27(57-14-10-11-41-5)29(24)49(36)12-8-9-13-50-33-25(17-23(19-42-33)32(40)54)44-37(50)46-35(56)30-28(38)21(4)48-52(30)7-2/h8-9,15-19,41H,6-7,10-14,38H2,1-5H3,(H2,39,53)(H2,40,54)(H,43,45,55)(H,44,46,56)/b9-8+. The highest BCUT2D eigenvalue weighted by molar-refractivity contribution is 6.07. The predicted molar refractivity (Wildman–Crippen MR) is 213 cm³/mol. The van der Waals surface area contributed by atoms with Gasteiger partial charge < -0.3 is 31.8 Å². The van der Waals surface area contributed by atoms with Crippen molar-refractivity contribution < 1.29 is 23.9 Å². The van der Waals surface area contributed by atoms with Crippen molar-refractivity contribution >= 4 is 63.4 Å². The number of primary amides is 2. The molecule has 0 unspecified atom stereocenters. The number of imidazole rings is 2. The van der Waals surface area contributed by atoms with Gasteiger partial charge in [-0.25, -0.2) is 15.0 Å². The molecule has 0 atom stereocenters. The molecule has 298 valence electrons. The second-order valence-corrected chi connectivity index (χ2v) is 13.1. The van der Waals surface area contributed by atoms with Crippen molar-refractivity contribution in [2.75, 3.05) is 36.6 Å². The van der Waals surface area contributed by atoms with Crippen LogP contribution in [0.25, 0.3) is 22.2 Å². The fourth-order valence-corrected chi connectivity index (χ4v) is 6.32. The summed E-state index contributed by atoms with van der Waals surface area (Å²) in [6.45, 7) is 9.47. The van der Waals surface area contributed by atoms with Crippen LogP contribution in [0.15, 0.2) is 42.6 Å². The van der Waals surface area contributed by atoms with Gasteiger partial charge in [-0.1, -0.05) is 12.2 Å². The van der Waals surface area contributed by atoms with E-state index < -0.39 is 23.6 Å². The monoisotopic (exact) mass is 779 g/mol. The van der Waals surface area contributed by atoms with Crippen LogP contribution in [-0.2, 0) is 26.2 Å². The Hall–Kier alpha value is -7.09. The Kier molecular flexibility index (Phi) is 11.6. The summed E-state index contributed by atoms with van der Waals surface area (Å²) in [6.07, 6.45) is 5.65. The van der Waals surface area contributed by atoms with Crippen LogP contribution < -0.4 is 37.9 Å². The summed E-state index contributed by atoms with van der Waals surface area (Å²) in [4.78, 5) is 65.3. The summed E-state index contributed by atoms with van der Waals surface area (Å²) in [7, 11) is 1.84. The number of nitrogen functional groups attached to an aromatic ring is 1. The van der Waals surface area contributed by atoms with Crippen LogP contribution in [0.1, 0.15) is 73.3 Å². The number of nitrogens with two attached hydrogens (primary N) is 3. The SMILES string of the molecule is CCn1nc(C)cc1C(=O)Nc1nc2cc(C(N)=O)cc(OCCCNC)c2n1C/C=C/Cn1c(NC(=O)c2c(N)c(C)nn2CC)nc2cc(C(N)=O)cnc21. The van der Waals surface area contributed by atoms with Gasteiger partial charge >= 0.3 is 0 Å². The van der Waals surface area contributed by atoms with Crippen LogP contribution in [0.3, 0.4) is 0 Å². The van der Waals surface area contributed by atoms with Gasteiger partial charge in [-0.3, -0.25) is 43.7 Å². The van der Waals surface area contributed by atoms with Gasteiger partial charge in [0.05, 0.1) is 34.8 Å². The Morgan fingerprint density at radius 2 is 1.47 bits per heavy atom. The molecule has 0 aliphatic rings. The van der Waals surface area contributed by atoms with Crippen molar-refractivity contribution in [2.45, 2.75) is 60.3 Å². The van der Waals surface area contributed by atoms with Crippen molar-refractivity contribution in [3.63, 3.8) is 0 Å². The van der Waals surface area contributed by atoms with Crippen LogP contribution in [0.5, 0.6) is 5.75 Å². The molecule has 57 heavy (non-hydrogen) atoms. The number of fused-ring (bicyclic) bond motifs is 2. The lowest BCUT2D eigenvalue weighted by molar-refractivity contribution is 0.0991. The van der Waals surface area contributed by atoms with E-state index in [0.29, 0.717) is 77.7 Å². The number of hydrogen-bond donors (Lipinski definition) is 6. The molecule has 0 saturated carbocycles. The number of aryl methyl sites for hydroxylation is 4. The van der Waals surface area contributed by atoms with Crippen molar-refractivity contribution in [3.05, 3.63) is 76.5 Å². The molecule has 0 fully saturated rings. The number of nitrogens with one attached hydrogen (secondary N) is 3. The van der Waals surface area contributed by atoms with Crippen molar-refractivity contribution in [3.8, 4) is 5.75 Å². The summed E-state index contributed by atoms with van der Waals surface area (Å²) in [6, 6.07) is 6.29. The number of carbonyl (C=O) groups is 4. The van der Waals surface area contributed by atoms with Crippen molar-refractivity contribution in [2.24, 2.45) is 11.5 Å². The van der Waals surface area contributed by atoms with Crippen LogP contribution in [-0.4, -0.2) is 87.5 Å². The average molecular weight is 780 g/mol. The molecule has 4 amide bonds. The third kappa shape index (κ3) is 8.15. The Morgan fingerprint density at radius 3 is 2.16 bits per heavy atom. The Bertz CT molecular complexity index is 2540. The molecule has 20 nitrogen and oxygen atoms in total. The minimum Gasteiger partial charge on any atom is -0.491 e. The highest BCUT2D eigenvalue weighted by Crippen LogP contribution is 2.32. The van der Waals surface area contributed by atoms with E-state index in [4.69, 9.17) is 26.9 Å². The average Bonchev–Trinajstić information content (AvgIpc) is 3.92. The molecule has 1 aromatic carbocycles. The number of carbonyl (C=O) groups excluding carboxylic acids is 4. The largest absolute Gasteiger partial charge is 0.491 e. The number of aromatic nitrogens is 9. The molecule has 6 aromatic rings. The van der Waals surface area contributed by atoms with Crippen LogP contribution in [0.2, 0.25) is 0 Å². The predicted octanol–water partition coefficient (Wildman–Crippen LogP) is 2.36. The van der Waals surface area contributed by atoms with Crippen LogP contribution in [0.4, 0.5) is 17.6 Å². The molecular formula is C37H45N15O5. The summed E-state index contributed by atoms with van der Waals surface area (Å²) in [5, 5.41) is 17.6. The van der Waals surface area contributed by atoms with Gasteiger partial charge in [0.1, 0.15) is 28.2 Å². The Labute approximate surface area is 326 Å². The highest BCUT2D eigenvalue weighted by Gasteiger charge is 2.24. The third-order valence-electron chi connectivity index (χ3n) is 9.11. The number of hydrogen-bond acceptors (Lipinski definition) is 12. The van der Waals surface area contributed by atoms with Gasteiger partial charge in [0.15, 0.2) is 5.65 Å². The van der Waals surface area contributed by atoms with Gasteiger partial charge in [-0.05, 0) is 72.0 Å². The number of allylic oxidation sites excluding steroid dienone is 2. The van der Waals surface area contributed by atoms with E-state index in [1.165, 1.54) is 16.9 Å². The van der Waals surface area contributed by atoms with Crippen LogP contribution in [0, 0.1) is 13.8 Å². The first kappa shape index (κ1) is 39.6. The smallest absolute Gasteiger partial charge is 0.278 e. The van der Waals surface area contributed by atoms with E-state index in [0.717, 1.165) is 0 Å². The maximum atomic E-state index is 13.7. The lowest BCUT2D eigenvalue weighted by atomic mass is 10.1. The van der Waals surface area contributed by atoms with Gasteiger partial charge in [0.25, 0.3) is 11.8 Å². The molecule has 0 bridgehead atoms. The van der Waals surface area contributed by atoms with E-state index in [9.17, 15) is 19.2 Å². The lowest BCUT2D eigenvalue weighted by Crippen LogP contribution is -2.21. The minimum atomic E-state index is -0.683. The van der Waals surface area contributed by atoms with Crippen molar-refractivity contribution in [1.82, 2.24) is 49.0 Å². The van der Waals surface area contributed by atoms with Gasteiger partial charge in [0.2, 0.25) is 23.7 Å². The number of anilines is 3. The molecule has 5 aromatic heterocycles. The molecule has 0 radical (unpaired) electrons. The number of benzene rings is 1. The number of rotatable bonds is 17. The fourth-order valence-electron chi connectivity index (χ4n) is 6.32. The maximum Gasteiger partial charge on any atom is 0.278 e. The second kappa shape index (κ2) is 16.7. The summed E-state index contributed by atoms with van der Waals surface area (Å²) >= 11 is 0. The number of ether oxygens (including phenoxy) is 1. The number of amides is 4. The quantitative estimate of drug-likeness (QED) is 0.0575. The van der Waals surface area contributed by atoms with Gasteiger partial charge in [-0.15, -0.1) is 0 Å². The summed E-state index contributed by atoms with van der Waals surface area (Å²) < 4.78 is 12.7. The highest BCUT2D eigenvalue weighted by atomic mass is 16.5. The third-order valence-corrected chi connectivity index (χ3v) is 9.11. The number of pyridine rings is 1. The fraction of sp³-hybridized carbons (Fsp3) is 0.324. The van der Waals surface area contributed by atoms with Crippen molar-refractivity contribution in [1.29, 1.82) is 0 Å². The van der Waals surface area contributed by atoms with E-state index in [1.54, 1.807) is 45.9 Å². The Morgan fingerprint density at radius 1 is 0.825 bits per heavy atom.